The van der Waals surface area contributed by atoms with Crippen molar-refractivity contribution in [3.05, 3.63) is 34.9 Å². The van der Waals surface area contributed by atoms with E-state index in [9.17, 15) is 9.59 Å². The Hall–Kier alpha value is -2.25. The van der Waals surface area contributed by atoms with Crippen LogP contribution < -0.4 is 5.73 Å². The molecule has 2 N–H and O–H groups in total. The number of ether oxygens (including phenoxy) is 1. The minimum Gasteiger partial charge on any atom is -0.369 e. The van der Waals surface area contributed by atoms with Crippen LogP contribution in [0.1, 0.15) is 71.1 Å². The van der Waals surface area contributed by atoms with E-state index in [0.29, 0.717) is 26.1 Å². The second-order valence-electron chi connectivity index (χ2n) is 11.0. The van der Waals surface area contributed by atoms with Crippen LogP contribution in [-0.2, 0) is 26.2 Å². The lowest BCUT2D eigenvalue weighted by Gasteiger charge is -2.25. The van der Waals surface area contributed by atoms with Crippen molar-refractivity contribution in [2.75, 3.05) is 47.1 Å². The fourth-order valence-corrected chi connectivity index (χ4v) is 3.48. The van der Waals surface area contributed by atoms with E-state index in [1.807, 2.05) is 51.8 Å². The van der Waals surface area contributed by atoms with Crippen LogP contribution in [0.2, 0.25) is 0 Å². The van der Waals surface area contributed by atoms with Gasteiger partial charge in [0.05, 0.1) is 18.8 Å². The van der Waals surface area contributed by atoms with Crippen molar-refractivity contribution >= 4 is 18.5 Å². The molecule has 0 aliphatic carbocycles. The number of carbonyl (C=O) groups excluding carboxylic acids is 2. The topological polar surface area (TPSA) is 88.2 Å². The zero-order valence-electron chi connectivity index (χ0n) is 23.7. The second kappa shape index (κ2) is 15.7. The first-order valence-electron chi connectivity index (χ1n) is 12.5. The highest BCUT2D eigenvalue weighted by molar-refractivity contribution is 5.85. The molecule has 0 aliphatic rings. The van der Waals surface area contributed by atoms with E-state index in [0.717, 1.165) is 42.8 Å². The molecule has 0 spiro atoms. The van der Waals surface area contributed by atoms with Gasteiger partial charge in [-0.3, -0.25) is 14.5 Å². The molecular formula is C28H50N4O3. The molecule has 0 aromatic heterocycles. The number of hydrogen-bond donors (Lipinski definition) is 1. The molecule has 0 saturated carbocycles. The average molecular weight is 491 g/mol. The molecular weight excluding hydrogens is 440 g/mol. The first kappa shape index (κ1) is 32.8. The maximum Gasteiger partial charge on any atom is 0.227 e. The Bertz CT molecular complexity index is 800. The highest BCUT2D eigenvalue weighted by Crippen LogP contribution is 2.25. The number of nitrogens with two attached hydrogens (primary N) is 1. The summed E-state index contributed by atoms with van der Waals surface area (Å²) in [7, 11) is 3.68. The molecule has 1 rings (SSSR count). The van der Waals surface area contributed by atoms with Crippen LogP contribution in [0.4, 0.5) is 0 Å². The SMILES string of the molecule is C=NC.CCN(CCCN(C)COCC(C)(C)C)C(=O)CCc1cc(C)cc(C(C)(C)C(N)=O)c1. The highest BCUT2D eigenvalue weighted by Gasteiger charge is 2.27. The van der Waals surface area contributed by atoms with Crippen LogP contribution in [-0.4, -0.2) is 75.4 Å². The molecule has 0 heterocycles. The van der Waals surface area contributed by atoms with Gasteiger partial charge in [-0.2, -0.15) is 0 Å². The number of primary amides is 1. The molecule has 7 heteroatoms. The summed E-state index contributed by atoms with van der Waals surface area (Å²) >= 11 is 0. The van der Waals surface area contributed by atoms with Gasteiger partial charge in [0.25, 0.3) is 0 Å². The number of rotatable bonds is 13. The first-order valence-corrected chi connectivity index (χ1v) is 12.5. The van der Waals surface area contributed by atoms with Crippen LogP contribution >= 0.6 is 0 Å². The molecule has 35 heavy (non-hydrogen) atoms. The van der Waals surface area contributed by atoms with E-state index in [1.54, 1.807) is 7.05 Å². The second-order valence-corrected chi connectivity index (χ2v) is 11.0. The van der Waals surface area contributed by atoms with Gasteiger partial charge in [-0.1, -0.05) is 44.5 Å². The molecule has 1 aromatic rings. The first-order chi connectivity index (χ1) is 16.2. The Morgan fingerprint density at radius 2 is 1.71 bits per heavy atom. The van der Waals surface area contributed by atoms with Crippen LogP contribution in [0.3, 0.4) is 0 Å². The fourth-order valence-electron chi connectivity index (χ4n) is 3.48. The van der Waals surface area contributed by atoms with Crippen LogP contribution in [0.5, 0.6) is 0 Å². The average Bonchev–Trinajstić information content (AvgIpc) is 2.74. The number of aryl methyl sites for hydroxylation is 2. The Balaban J connectivity index is 0.00000365. The Morgan fingerprint density at radius 3 is 2.23 bits per heavy atom. The predicted molar refractivity (Wildman–Crippen MR) is 147 cm³/mol. The van der Waals surface area contributed by atoms with Crippen molar-refractivity contribution in [2.45, 2.75) is 73.1 Å². The van der Waals surface area contributed by atoms with Gasteiger partial charge in [-0.15, -0.1) is 0 Å². The van der Waals surface area contributed by atoms with E-state index < -0.39 is 5.41 Å². The third-order valence-corrected chi connectivity index (χ3v) is 5.65. The van der Waals surface area contributed by atoms with Crippen molar-refractivity contribution < 1.29 is 14.3 Å². The van der Waals surface area contributed by atoms with Gasteiger partial charge in [-0.25, -0.2) is 0 Å². The summed E-state index contributed by atoms with van der Waals surface area (Å²) in [4.78, 5) is 32.0. The number of aliphatic imine (C=N–C) groups is 1. The van der Waals surface area contributed by atoms with Gasteiger partial charge in [0.15, 0.2) is 0 Å². The molecule has 0 bridgehead atoms. The number of hydrogen-bond acceptors (Lipinski definition) is 5. The van der Waals surface area contributed by atoms with Crippen molar-refractivity contribution in [3.8, 4) is 0 Å². The fraction of sp³-hybridized carbons (Fsp3) is 0.679. The third kappa shape index (κ3) is 13.4. The standard InChI is InChI=1S/C26H45N3O3.C2H5N/c1-9-29(14-10-13-28(8)19-32-18-25(3,4)5)23(30)12-11-21-15-20(2)16-22(17-21)26(6,7)24(27)31;1-3-2/h15-17H,9-14,18-19H2,1-8H3,(H2,27,31);1H2,2H3. The van der Waals surface area contributed by atoms with Crippen LogP contribution in [0.25, 0.3) is 0 Å². The van der Waals surface area contributed by atoms with E-state index in [2.05, 4.69) is 43.4 Å². The Kier molecular flexibility index (Phi) is 14.7. The monoisotopic (exact) mass is 490 g/mol. The maximum absolute atomic E-state index is 12.8. The quantitative estimate of drug-likeness (QED) is 0.332. The van der Waals surface area contributed by atoms with Crippen molar-refractivity contribution in [1.29, 1.82) is 0 Å². The van der Waals surface area contributed by atoms with Crippen LogP contribution in [0, 0.1) is 12.3 Å². The molecule has 0 fully saturated rings. The lowest BCUT2D eigenvalue weighted by Crippen LogP contribution is -2.35. The molecule has 0 aliphatic heterocycles. The van der Waals surface area contributed by atoms with E-state index >= 15 is 0 Å². The molecule has 1 aromatic carbocycles. The van der Waals surface area contributed by atoms with Crippen molar-refractivity contribution in [3.63, 3.8) is 0 Å². The molecule has 0 saturated heterocycles. The molecule has 200 valence electrons. The lowest BCUT2D eigenvalue weighted by atomic mass is 9.82. The summed E-state index contributed by atoms with van der Waals surface area (Å²) in [6.45, 7) is 21.0. The third-order valence-electron chi connectivity index (χ3n) is 5.65. The highest BCUT2D eigenvalue weighted by atomic mass is 16.5. The molecule has 0 atom stereocenters. The molecule has 0 unspecified atom stereocenters. The smallest absolute Gasteiger partial charge is 0.227 e. The number of nitrogens with zero attached hydrogens (tertiary/aromatic N) is 3. The van der Waals surface area contributed by atoms with Crippen molar-refractivity contribution in [2.24, 2.45) is 16.1 Å². The summed E-state index contributed by atoms with van der Waals surface area (Å²) in [5.41, 5.74) is 8.05. The van der Waals surface area contributed by atoms with E-state index in [1.165, 1.54) is 0 Å². The number of benzene rings is 1. The van der Waals surface area contributed by atoms with Gasteiger partial charge in [0, 0.05) is 33.1 Å². The van der Waals surface area contributed by atoms with E-state index in [-0.39, 0.29) is 17.2 Å². The maximum atomic E-state index is 12.8. The Morgan fingerprint density at radius 1 is 1.11 bits per heavy atom. The zero-order valence-corrected chi connectivity index (χ0v) is 23.7. The van der Waals surface area contributed by atoms with Crippen molar-refractivity contribution in [1.82, 2.24) is 9.80 Å². The summed E-state index contributed by atoms with van der Waals surface area (Å²) in [5.74, 6) is -0.188. The summed E-state index contributed by atoms with van der Waals surface area (Å²) in [5, 5.41) is 0. The summed E-state index contributed by atoms with van der Waals surface area (Å²) in [6, 6.07) is 6.08. The lowest BCUT2D eigenvalue weighted by molar-refractivity contribution is -0.131. The molecule has 0 radical (unpaired) electrons. The van der Waals surface area contributed by atoms with Gasteiger partial charge in [0.1, 0.15) is 0 Å². The van der Waals surface area contributed by atoms with Gasteiger partial charge < -0.3 is 20.4 Å². The molecule has 7 nitrogen and oxygen atoms in total. The number of amides is 2. The van der Waals surface area contributed by atoms with E-state index in [4.69, 9.17) is 10.5 Å². The minimum absolute atomic E-state index is 0.163. The zero-order chi connectivity index (χ0) is 27.2. The minimum atomic E-state index is -0.733. The largest absolute Gasteiger partial charge is 0.369 e. The van der Waals surface area contributed by atoms with Gasteiger partial charge in [-0.05, 0) is 70.8 Å². The van der Waals surface area contributed by atoms with Gasteiger partial charge >= 0.3 is 0 Å². The number of carbonyl (C=O) groups is 2. The normalized spacial score (nSPS) is 11.6. The van der Waals surface area contributed by atoms with Gasteiger partial charge in [0.2, 0.25) is 11.8 Å². The predicted octanol–water partition coefficient (Wildman–Crippen LogP) is 4.20. The van der Waals surface area contributed by atoms with Crippen LogP contribution in [0.15, 0.2) is 23.2 Å². The summed E-state index contributed by atoms with van der Waals surface area (Å²) < 4.78 is 5.75. The summed E-state index contributed by atoms with van der Waals surface area (Å²) in [6.07, 6.45) is 2.02. The molecule has 2 amide bonds. The Labute approximate surface area is 214 Å².